The molecule has 0 aliphatic rings. The highest BCUT2D eigenvalue weighted by Crippen LogP contribution is 2.30. The van der Waals surface area contributed by atoms with E-state index < -0.39 is 0 Å². The summed E-state index contributed by atoms with van der Waals surface area (Å²) in [5.74, 6) is 2.34. The first kappa shape index (κ1) is 16.1. The van der Waals surface area contributed by atoms with Gasteiger partial charge in [-0.15, -0.1) is 0 Å². The number of benzene rings is 1. The molecule has 0 bridgehead atoms. The minimum absolute atomic E-state index is 0.115. The Morgan fingerprint density at radius 2 is 2.05 bits per heavy atom. The van der Waals surface area contributed by atoms with Crippen molar-refractivity contribution in [2.75, 3.05) is 26.6 Å². The first-order valence-corrected chi connectivity index (χ1v) is 7.37. The molecule has 0 saturated heterocycles. The summed E-state index contributed by atoms with van der Waals surface area (Å²) in [4.78, 5) is 0. The van der Waals surface area contributed by atoms with Crippen LogP contribution in [-0.4, -0.2) is 36.9 Å². The van der Waals surface area contributed by atoms with Gasteiger partial charge in [0, 0.05) is 29.2 Å². The van der Waals surface area contributed by atoms with E-state index in [9.17, 15) is 0 Å². The SMILES string of the molecule is COc1ccc(OC)c(C(N)CSC(C)CCO)c1. The molecule has 0 aliphatic heterocycles. The quantitative estimate of drug-likeness (QED) is 0.766. The molecule has 4 nitrogen and oxygen atoms in total. The normalized spacial score (nSPS) is 13.9. The van der Waals surface area contributed by atoms with Gasteiger partial charge in [-0.3, -0.25) is 0 Å². The standard InChI is InChI=1S/C14H23NO3S/c1-10(6-7-16)19-9-13(15)12-8-11(17-2)4-5-14(12)18-3/h4-5,8,10,13,16H,6-7,9,15H2,1-3H3. The molecule has 1 aromatic rings. The first-order valence-electron chi connectivity index (χ1n) is 6.32. The lowest BCUT2D eigenvalue weighted by molar-refractivity contribution is 0.289. The fraction of sp³-hybridized carbons (Fsp3) is 0.571. The second-order valence-electron chi connectivity index (χ2n) is 4.37. The van der Waals surface area contributed by atoms with E-state index in [1.165, 1.54) is 0 Å². The zero-order chi connectivity index (χ0) is 14.3. The Morgan fingerprint density at radius 1 is 1.32 bits per heavy atom. The van der Waals surface area contributed by atoms with Crippen molar-refractivity contribution in [3.8, 4) is 11.5 Å². The van der Waals surface area contributed by atoms with Crippen molar-refractivity contribution >= 4 is 11.8 Å². The monoisotopic (exact) mass is 285 g/mol. The molecule has 1 rings (SSSR count). The van der Waals surface area contributed by atoms with Crippen LogP contribution >= 0.6 is 11.8 Å². The Labute approximate surface area is 119 Å². The number of nitrogens with two attached hydrogens (primary N) is 1. The van der Waals surface area contributed by atoms with Gasteiger partial charge in [-0.25, -0.2) is 0 Å². The Hall–Kier alpha value is -0.910. The van der Waals surface area contributed by atoms with Gasteiger partial charge in [0.25, 0.3) is 0 Å². The van der Waals surface area contributed by atoms with Gasteiger partial charge < -0.3 is 20.3 Å². The molecule has 2 atom stereocenters. The smallest absolute Gasteiger partial charge is 0.123 e. The van der Waals surface area contributed by atoms with Gasteiger partial charge in [0.1, 0.15) is 11.5 Å². The number of methoxy groups -OCH3 is 2. The largest absolute Gasteiger partial charge is 0.497 e. The second kappa shape index (κ2) is 8.30. The zero-order valence-electron chi connectivity index (χ0n) is 11.8. The van der Waals surface area contributed by atoms with Gasteiger partial charge >= 0.3 is 0 Å². The predicted molar refractivity (Wildman–Crippen MR) is 80.1 cm³/mol. The lowest BCUT2D eigenvalue weighted by Crippen LogP contribution is -2.16. The molecule has 0 heterocycles. The van der Waals surface area contributed by atoms with Gasteiger partial charge in [-0.05, 0) is 24.6 Å². The number of rotatable bonds is 8. The summed E-state index contributed by atoms with van der Waals surface area (Å²) in [6.45, 7) is 2.31. The van der Waals surface area contributed by atoms with Crippen molar-refractivity contribution in [3.63, 3.8) is 0 Å². The summed E-state index contributed by atoms with van der Waals surface area (Å²) < 4.78 is 10.6. The number of hydrogen-bond donors (Lipinski definition) is 2. The highest BCUT2D eigenvalue weighted by atomic mass is 32.2. The highest BCUT2D eigenvalue weighted by Gasteiger charge is 2.14. The maximum Gasteiger partial charge on any atom is 0.123 e. The maximum absolute atomic E-state index is 8.89. The summed E-state index contributed by atoms with van der Waals surface area (Å²) in [6, 6.07) is 5.53. The van der Waals surface area contributed by atoms with Crippen LogP contribution in [0.5, 0.6) is 11.5 Å². The minimum atomic E-state index is -0.115. The fourth-order valence-electron chi connectivity index (χ4n) is 1.75. The van der Waals surface area contributed by atoms with Crippen molar-refractivity contribution in [2.24, 2.45) is 5.73 Å². The molecule has 0 spiro atoms. The summed E-state index contributed by atoms with van der Waals surface area (Å²) in [6.07, 6.45) is 0.784. The Kier molecular flexibility index (Phi) is 7.05. The maximum atomic E-state index is 8.89. The minimum Gasteiger partial charge on any atom is -0.497 e. The molecule has 0 radical (unpaired) electrons. The summed E-state index contributed by atoms with van der Waals surface area (Å²) >= 11 is 1.76. The number of aliphatic hydroxyl groups is 1. The summed E-state index contributed by atoms with van der Waals surface area (Å²) in [5, 5.41) is 9.28. The third kappa shape index (κ3) is 4.93. The lowest BCUT2D eigenvalue weighted by Gasteiger charge is -2.18. The van der Waals surface area contributed by atoms with Gasteiger partial charge in [0.05, 0.1) is 14.2 Å². The number of ether oxygens (including phenoxy) is 2. The predicted octanol–water partition coefficient (Wildman–Crippen LogP) is 2.21. The molecule has 0 saturated carbocycles. The molecular weight excluding hydrogens is 262 g/mol. The van der Waals surface area contributed by atoms with Crippen LogP contribution < -0.4 is 15.2 Å². The van der Waals surface area contributed by atoms with Crippen LogP contribution in [0.4, 0.5) is 0 Å². The molecule has 0 aliphatic carbocycles. The molecule has 0 aromatic heterocycles. The molecule has 1 aromatic carbocycles. The fourth-order valence-corrected chi connectivity index (χ4v) is 2.74. The van der Waals surface area contributed by atoms with Crippen molar-refractivity contribution in [1.82, 2.24) is 0 Å². The van der Waals surface area contributed by atoms with Crippen molar-refractivity contribution in [3.05, 3.63) is 23.8 Å². The van der Waals surface area contributed by atoms with Crippen LogP contribution in [0.15, 0.2) is 18.2 Å². The van der Waals surface area contributed by atoms with E-state index in [1.54, 1.807) is 26.0 Å². The number of aliphatic hydroxyl groups excluding tert-OH is 1. The first-order chi connectivity index (χ1) is 9.12. The molecule has 0 fully saturated rings. The Bertz CT molecular complexity index is 387. The van der Waals surface area contributed by atoms with Crippen molar-refractivity contribution in [2.45, 2.75) is 24.6 Å². The van der Waals surface area contributed by atoms with E-state index >= 15 is 0 Å². The summed E-state index contributed by atoms with van der Waals surface area (Å²) in [7, 11) is 3.27. The number of thioether (sulfide) groups is 1. The molecule has 0 amide bonds. The molecular formula is C14H23NO3S. The van der Waals surface area contributed by atoms with E-state index in [0.717, 1.165) is 29.2 Å². The average molecular weight is 285 g/mol. The van der Waals surface area contributed by atoms with Crippen LogP contribution in [-0.2, 0) is 0 Å². The third-order valence-corrected chi connectivity index (χ3v) is 4.29. The molecule has 108 valence electrons. The van der Waals surface area contributed by atoms with Crippen molar-refractivity contribution < 1.29 is 14.6 Å². The second-order valence-corrected chi connectivity index (χ2v) is 5.84. The average Bonchev–Trinajstić information content (AvgIpc) is 2.44. The topological polar surface area (TPSA) is 64.7 Å². The van der Waals surface area contributed by atoms with Gasteiger partial charge in [0.15, 0.2) is 0 Å². The van der Waals surface area contributed by atoms with Gasteiger partial charge in [-0.1, -0.05) is 6.92 Å². The molecule has 19 heavy (non-hydrogen) atoms. The highest BCUT2D eigenvalue weighted by molar-refractivity contribution is 7.99. The van der Waals surface area contributed by atoms with E-state index in [2.05, 4.69) is 6.92 Å². The van der Waals surface area contributed by atoms with Gasteiger partial charge in [-0.2, -0.15) is 11.8 Å². The van der Waals surface area contributed by atoms with Crippen LogP contribution in [0.25, 0.3) is 0 Å². The number of hydrogen-bond acceptors (Lipinski definition) is 5. The summed E-state index contributed by atoms with van der Waals surface area (Å²) in [5.41, 5.74) is 7.17. The van der Waals surface area contributed by atoms with Crippen LogP contribution in [0.2, 0.25) is 0 Å². The Morgan fingerprint density at radius 3 is 2.63 bits per heavy atom. The third-order valence-electron chi connectivity index (χ3n) is 2.93. The van der Waals surface area contributed by atoms with Crippen LogP contribution in [0.3, 0.4) is 0 Å². The van der Waals surface area contributed by atoms with Crippen LogP contribution in [0, 0.1) is 0 Å². The lowest BCUT2D eigenvalue weighted by atomic mass is 10.1. The van der Waals surface area contributed by atoms with E-state index in [4.69, 9.17) is 20.3 Å². The van der Waals surface area contributed by atoms with Gasteiger partial charge in [0.2, 0.25) is 0 Å². The van der Waals surface area contributed by atoms with Crippen molar-refractivity contribution in [1.29, 1.82) is 0 Å². The zero-order valence-corrected chi connectivity index (χ0v) is 12.6. The van der Waals surface area contributed by atoms with E-state index in [-0.39, 0.29) is 12.6 Å². The molecule has 5 heteroatoms. The molecule has 2 unspecified atom stereocenters. The Balaban J connectivity index is 2.71. The van der Waals surface area contributed by atoms with E-state index in [0.29, 0.717) is 5.25 Å². The van der Waals surface area contributed by atoms with Crippen LogP contribution in [0.1, 0.15) is 24.9 Å². The molecule has 3 N–H and O–H groups in total. The van der Waals surface area contributed by atoms with E-state index in [1.807, 2.05) is 18.2 Å².